The monoisotopic (exact) mass is 232 g/mol. The molecule has 0 saturated heterocycles. The Bertz CT molecular complexity index is 420. The van der Waals surface area contributed by atoms with Crippen LogP contribution in [-0.4, -0.2) is 0 Å². The highest BCUT2D eigenvalue weighted by atomic mass is 19.4. The van der Waals surface area contributed by atoms with Gasteiger partial charge in [-0.15, -0.1) is 0 Å². The second kappa shape index (κ2) is 4.49. The van der Waals surface area contributed by atoms with E-state index in [0.29, 0.717) is 6.07 Å². The molecule has 0 amide bonds. The minimum Gasteiger partial charge on any atom is -0.323 e. The van der Waals surface area contributed by atoms with Crippen molar-refractivity contribution in [2.45, 2.75) is 18.6 Å². The Morgan fingerprint density at radius 1 is 1.38 bits per heavy atom. The second-order valence-electron chi connectivity index (χ2n) is 3.20. The number of alkyl halides is 3. The van der Waals surface area contributed by atoms with Gasteiger partial charge in [-0.1, -0.05) is 6.07 Å². The smallest absolute Gasteiger partial charge is 0.323 e. The van der Waals surface area contributed by atoms with Crippen molar-refractivity contribution in [1.29, 1.82) is 5.26 Å². The third-order valence-corrected chi connectivity index (χ3v) is 2.03. The van der Waals surface area contributed by atoms with Gasteiger partial charge in [-0.05, 0) is 17.7 Å². The number of hydrogen-bond acceptors (Lipinski definition) is 2. The Labute approximate surface area is 89.3 Å². The van der Waals surface area contributed by atoms with E-state index in [1.807, 2.05) is 0 Å². The number of nitrogens with zero attached hydrogens (tertiary/aromatic N) is 1. The Hall–Kier alpha value is -1.61. The molecule has 0 saturated carbocycles. The Morgan fingerprint density at radius 3 is 2.50 bits per heavy atom. The van der Waals surface area contributed by atoms with Gasteiger partial charge in [0.2, 0.25) is 0 Å². The van der Waals surface area contributed by atoms with Gasteiger partial charge >= 0.3 is 6.18 Å². The average molecular weight is 232 g/mol. The Morgan fingerprint density at radius 2 is 2.00 bits per heavy atom. The maximum atomic E-state index is 12.7. The van der Waals surface area contributed by atoms with Crippen molar-refractivity contribution in [2.24, 2.45) is 5.73 Å². The van der Waals surface area contributed by atoms with Crippen LogP contribution in [0, 0.1) is 17.1 Å². The average Bonchev–Trinajstić information content (AvgIpc) is 2.16. The molecule has 86 valence electrons. The number of nitriles is 1. The number of hydrogen-bond donors (Lipinski definition) is 1. The largest absolute Gasteiger partial charge is 0.416 e. The maximum absolute atomic E-state index is 12.7. The summed E-state index contributed by atoms with van der Waals surface area (Å²) < 4.78 is 50.3. The number of nitrogens with two attached hydrogens (primary N) is 1. The van der Waals surface area contributed by atoms with Crippen LogP contribution in [0.3, 0.4) is 0 Å². The van der Waals surface area contributed by atoms with Crippen molar-refractivity contribution in [3.8, 4) is 6.07 Å². The Balaban J connectivity index is 3.24. The van der Waals surface area contributed by atoms with Gasteiger partial charge in [-0.2, -0.15) is 18.4 Å². The zero-order chi connectivity index (χ0) is 12.3. The van der Waals surface area contributed by atoms with Crippen LogP contribution in [0.4, 0.5) is 17.6 Å². The third-order valence-electron chi connectivity index (χ3n) is 2.03. The lowest BCUT2D eigenvalue weighted by Crippen LogP contribution is -2.17. The minimum absolute atomic E-state index is 0.255. The zero-order valence-corrected chi connectivity index (χ0v) is 8.05. The van der Waals surface area contributed by atoms with Crippen molar-refractivity contribution in [3.05, 3.63) is 35.1 Å². The molecular weight excluding hydrogens is 224 g/mol. The Kier molecular flexibility index (Phi) is 3.50. The molecular formula is C10H8F4N2. The SMILES string of the molecule is N#CC[C@H](N)c1ccc(F)cc1C(F)(F)F. The predicted molar refractivity (Wildman–Crippen MR) is 48.6 cm³/mol. The van der Waals surface area contributed by atoms with Crippen LogP contribution in [0.15, 0.2) is 18.2 Å². The summed E-state index contributed by atoms with van der Waals surface area (Å²) in [6, 6.07) is 2.84. The van der Waals surface area contributed by atoms with Crippen molar-refractivity contribution in [3.63, 3.8) is 0 Å². The summed E-state index contributed by atoms with van der Waals surface area (Å²) in [5.41, 5.74) is 4.01. The summed E-state index contributed by atoms with van der Waals surface area (Å²) in [6.45, 7) is 0. The van der Waals surface area contributed by atoms with Gasteiger partial charge in [-0.3, -0.25) is 0 Å². The minimum atomic E-state index is -4.68. The van der Waals surface area contributed by atoms with E-state index in [9.17, 15) is 17.6 Å². The fourth-order valence-electron chi connectivity index (χ4n) is 1.31. The molecule has 0 aliphatic rings. The van der Waals surface area contributed by atoms with Crippen LogP contribution in [0.2, 0.25) is 0 Å². The lowest BCUT2D eigenvalue weighted by atomic mass is 9.98. The molecule has 0 fully saturated rings. The molecule has 2 N–H and O–H groups in total. The molecule has 6 heteroatoms. The highest BCUT2D eigenvalue weighted by molar-refractivity contribution is 5.33. The number of benzene rings is 1. The summed E-state index contributed by atoms with van der Waals surface area (Å²) in [7, 11) is 0. The fraction of sp³-hybridized carbons (Fsp3) is 0.300. The zero-order valence-electron chi connectivity index (χ0n) is 8.05. The van der Waals surface area contributed by atoms with E-state index in [-0.39, 0.29) is 12.0 Å². The van der Waals surface area contributed by atoms with Gasteiger partial charge in [0, 0.05) is 6.04 Å². The summed E-state index contributed by atoms with van der Waals surface area (Å²) in [6.07, 6.45) is -4.93. The molecule has 0 aliphatic heterocycles. The first-order chi connectivity index (χ1) is 7.36. The van der Waals surface area contributed by atoms with E-state index < -0.39 is 23.6 Å². The highest BCUT2D eigenvalue weighted by Crippen LogP contribution is 2.35. The molecule has 1 aromatic carbocycles. The number of rotatable bonds is 2. The van der Waals surface area contributed by atoms with Crippen molar-refractivity contribution >= 4 is 0 Å². The van der Waals surface area contributed by atoms with Gasteiger partial charge < -0.3 is 5.73 Å². The van der Waals surface area contributed by atoms with Crippen LogP contribution in [0.1, 0.15) is 23.6 Å². The molecule has 0 heterocycles. The van der Waals surface area contributed by atoms with Crippen LogP contribution in [0.25, 0.3) is 0 Å². The van der Waals surface area contributed by atoms with Crippen LogP contribution < -0.4 is 5.73 Å². The normalized spacial score (nSPS) is 13.2. The van der Waals surface area contributed by atoms with Gasteiger partial charge in [0.05, 0.1) is 18.1 Å². The van der Waals surface area contributed by atoms with Crippen LogP contribution >= 0.6 is 0 Å². The summed E-state index contributed by atoms with van der Waals surface area (Å²) in [5.74, 6) is -0.986. The molecule has 1 aromatic rings. The van der Waals surface area contributed by atoms with Gasteiger partial charge in [0.1, 0.15) is 5.82 Å². The molecule has 0 unspecified atom stereocenters. The lowest BCUT2D eigenvalue weighted by Gasteiger charge is -2.16. The molecule has 0 bridgehead atoms. The van der Waals surface area contributed by atoms with E-state index in [1.165, 1.54) is 0 Å². The quantitative estimate of drug-likeness (QED) is 0.797. The molecule has 0 radical (unpaired) electrons. The molecule has 16 heavy (non-hydrogen) atoms. The molecule has 0 aliphatic carbocycles. The van der Waals surface area contributed by atoms with E-state index in [0.717, 1.165) is 12.1 Å². The molecule has 0 aromatic heterocycles. The highest BCUT2D eigenvalue weighted by Gasteiger charge is 2.35. The first-order valence-corrected chi connectivity index (χ1v) is 4.35. The standard InChI is InChI=1S/C10H8F4N2/c11-6-1-2-7(9(16)3-4-15)8(5-6)10(12,13)14/h1-2,5,9H,3,16H2/t9-/m0/s1. The van der Waals surface area contributed by atoms with Crippen molar-refractivity contribution in [1.82, 2.24) is 0 Å². The topological polar surface area (TPSA) is 49.8 Å². The van der Waals surface area contributed by atoms with Gasteiger partial charge in [0.15, 0.2) is 0 Å². The predicted octanol–water partition coefficient (Wildman–Crippen LogP) is 2.76. The number of halogens is 4. The first-order valence-electron chi connectivity index (χ1n) is 4.35. The first kappa shape index (κ1) is 12.5. The van der Waals surface area contributed by atoms with Crippen molar-refractivity contribution < 1.29 is 17.6 Å². The van der Waals surface area contributed by atoms with Crippen LogP contribution in [0.5, 0.6) is 0 Å². The van der Waals surface area contributed by atoms with Crippen LogP contribution in [-0.2, 0) is 6.18 Å². The maximum Gasteiger partial charge on any atom is 0.416 e. The lowest BCUT2D eigenvalue weighted by molar-refractivity contribution is -0.138. The third kappa shape index (κ3) is 2.70. The molecule has 2 nitrogen and oxygen atoms in total. The second-order valence-corrected chi connectivity index (χ2v) is 3.20. The van der Waals surface area contributed by atoms with Crippen molar-refractivity contribution in [2.75, 3.05) is 0 Å². The van der Waals surface area contributed by atoms with E-state index in [1.54, 1.807) is 6.07 Å². The van der Waals surface area contributed by atoms with E-state index in [4.69, 9.17) is 11.0 Å². The van der Waals surface area contributed by atoms with E-state index in [2.05, 4.69) is 0 Å². The fourth-order valence-corrected chi connectivity index (χ4v) is 1.31. The van der Waals surface area contributed by atoms with Gasteiger partial charge in [0.25, 0.3) is 0 Å². The summed E-state index contributed by atoms with van der Waals surface area (Å²) in [4.78, 5) is 0. The molecule has 0 spiro atoms. The summed E-state index contributed by atoms with van der Waals surface area (Å²) in [5, 5.41) is 8.36. The summed E-state index contributed by atoms with van der Waals surface area (Å²) >= 11 is 0. The van der Waals surface area contributed by atoms with E-state index >= 15 is 0 Å². The van der Waals surface area contributed by atoms with Gasteiger partial charge in [-0.25, -0.2) is 4.39 Å². The molecule has 1 rings (SSSR count). The molecule has 1 atom stereocenters.